The minimum atomic E-state index is -0.293. The van der Waals surface area contributed by atoms with Gasteiger partial charge in [0.1, 0.15) is 0 Å². The molecule has 0 saturated heterocycles. The van der Waals surface area contributed by atoms with Crippen molar-refractivity contribution in [1.29, 1.82) is 0 Å². The fourth-order valence-corrected chi connectivity index (χ4v) is 1.52. The molecule has 0 aliphatic rings. The molecule has 0 atom stereocenters. The number of aryl methyl sites for hydroxylation is 2. The molecule has 2 heteroatoms. The Balaban J connectivity index is 2.86. The van der Waals surface area contributed by atoms with Gasteiger partial charge in [-0.1, -0.05) is 12.1 Å². The van der Waals surface area contributed by atoms with E-state index in [0.717, 1.165) is 5.56 Å². The first-order chi connectivity index (χ1) is 7.54. The predicted molar refractivity (Wildman–Crippen MR) is 66.3 cm³/mol. The number of hydrogen-bond donors (Lipinski definition) is 0. The second-order valence-electron chi connectivity index (χ2n) is 3.87. The highest BCUT2D eigenvalue weighted by Crippen LogP contribution is 2.16. The van der Waals surface area contributed by atoms with E-state index in [4.69, 9.17) is 4.74 Å². The Morgan fingerprint density at radius 3 is 2.31 bits per heavy atom. The molecule has 1 aromatic rings. The Morgan fingerprint density at radius 1 is 1.25 bits per heavy atom. The first kappa shape index (κ1) is 12.5. The molecule has 0 saturated carbocycles. The molecule has 2 nitrogen and oxygen atoms in total. The summed E-state index contributed by atoms with van der Waals surface area (Å²) in [6.07, 6.45) is 3.25. The van der Waals surface area contributed by atoms with Crippen molar-refractivity contribution in [2.45, 2.75) is 27.7 Å². The number of rotatable bonds is 3. The molecule has 0 radical (unpaired) electrons. The lowest BCUT2D eigenvalue weighted by Crippen LogP contribution is -1.98. The summed E-state index contributed by atoms with van der Waals surface area (Å²) in [5.41, 5.74) is 4.81. The molecule has 0 heterocycles. The molecular weight excluding hydrogens is 200 g/mol. The molecular formula is C14H18O2. The van der Waals surface area contributed by atoms with E-state index in [9.17, 15) is 4.79 Å². The van der Waals surface area contributed by atoms with Crippen LogP contribution in [0.25, 0.3) is 6.08 Å². The van der Waals surface area contributed by atoms with Gasteiger partial charge in [0.05, 0.1) is 6.61 Å². The fraction of sp³-hybridized carbons (Fsp3) is 0.357. The maximum Gasteiger partial charge on any atom is 0.330 e. The highest BCUT2D eigenvalue weighted by atomic mass is 16.5. The van der Waals surface area contributed by atoms with Crippen molar-refractivity contribution >= 4 is 12.0 Å². The van der Waals surface area contributed by atoms with Gasteiger partial charge >= 0.3 is 5.97 Å². The monoisotopic (exact) mass is 218 g/mol. The van der Waals surface area contributed by atoms with Crippen LogP contribution in [-0.2, 0) is 9.53 Å². The van der Waals surface area contributed by atoms with Gasteiger partial charge in [-0.05, 0) is 56.0 Å². The first-order valence-electron chi connectivity index (χ1n) is 5.47. The van der Waals surface area contributed by atoms with E-state index < -0.39 is 0 Å². The summed E-state index contributed by atoms with van der Waals surface area (Å²) < 4.78 is 4.82. The van der Waals surface area contributed by atoms with Crippen LogP contribution in [0.4, 0.5) is 0 Å². The summed E-state index contributed by atoms with van der Waals surface area (Å²) >= 11 is 0. The van der Waals surface area contributed by atoms with Crippen LogP contribution in [0.3, 0.4) is 0 Å². The van der Waals surface area contributed by atoms with Crippen LogP contribution in [0, 0.1) is 20.8 Å². The minimum Gasteiger partial charge on any atom is -0.463 e. The Hall–Kier alpha value is -1.57. The molecule has 0 fully saturated rings. The maximum atomic E-state index is 11.1. The van der Waals surface area contributed by atoms with Gasteiger partial charge < -0.3 is 4.74 Å². The molecule has 86 valence electrons. The zero-order valence-corrected chi connectivity index (χ0v) is 10.3. The number of benzene rings is 1. The number of esters is 1. The quantitative estimate of drug-likeness (QED) is 0.575. The minimum absolute atomic E-state index is 0.293. The van der Waals surface area contributed by atoms with Gasteiger partial charge in [0.2, 0.25) is 0 Å². The number of carbonyl (C=O) groups excluding carboxylic acids is 1. The van der Waals surface area contributed by atoms with Crippen LogP contribution in [0.5, 0.6) is 0 Å². The molecule has 0 aromatic heterocycles. The summed E-state index contributed by atoms with van der Waals surface area (Å²) in [5.74, 6) is -0.293. The van der Waals surface area contributed by atoms with Crippen LogP contribution in [0.1, 0.15) is 29.2 Å². The van der Waals surface area contributed by atoms with E-state index in [1.807, 2.05) is 0 Å². The third-order valence-corrected chi connectivity index (χ3v) is 2.65. The van der Waals surface area contributed by atoms with Crippen LogP contribution >= 0.6 is 0 Å². The van der Waals surface area contributed by atoms with Crippen molar-refractivity contribution in [2.24, 2.45) is 0 Å². The van der Waals surface area contributed by atoms with E-state index in [1.54, 1.807) is 13.0 Å². The van der Waals surface area contributed by atoms with Gasteiger partial charge in [0, 0.05) is 6.08 Å². The summed E-state index contributed by atoms with van der Waals surface area (Å²) in [5, 5.41) is 0. The van der Waals surface area contributed by atoms with Gasteiger partial charge in [-0.3, -0.25) is 0 Å². The number of carbonyl (C=O) groups is 1. The Kier molecular flexibility index (Phi) is 4.29. The van der Waals surface area contributed by atoms with E-state index in [1.165, 1.54) is 22.8 Å². The van der Waals surface area contributed by atoms with Crippen molar-refractivity contribution in [1.82, 2.24) is 0 Å². The standard InChI is InChI=1S/C14H18O2/c1-5-16-14(15)7-6-13-8-10(2)12(4)11(3)9-13/h6-9H,5H2,1-4H3/b7-6+. The summed E-state index contributed by atoms with van der Waals surface area (Å²) in [6.45, 7) is 8.46. The van der Waals surface area contributed by atoms with E-state index >= 15 is 0 Å². The molecule has 0 bridgehead atoms. The molecule has 0 amide bonds. The Bertz CT molecular complexity index is 394. The zero-order chi connectivity index (χ0) is 12.1. The maximum absolute atomic E-state index is 11.1. The van der Waals surface area contributed by atoms with Gasteiger partial charge in [0.15, 0.2) is 0 Å². The molecule has 0 N–H and O–H groups in total. The average Bonchev–Trinajstić information content (AvgIpc) is 2.23. The molecule has 16 heavy (non-hydrogen) atoms. The highest BCUT2D eigenvalue weighted by Gasteiger charge is 1.99. The molecule has 1 aromatic carbocycles. The third-order valence-electron chi connectivity index (χ3n) is 2.65. The van der Waals surface area contributed by atoms with E-state index in [-0.39, 0.29) is 5.97 Å². The summed E-state index contributed by atoms with van der Waals surface area (Å²) in [6, 6.07) is 4.14. The first-order valence-corrected chi connectivity index (χ1v) is 5.47. The van der Waals surface area contributed by atoms with E-state index in [2.05, 4.69) is 32.9 Å². The van der Waals surface area contributed by atoms with Crippen molar-refractivity contribution in [3.05, 3.63) is 40.5 Å². The zero-order valence-electron chi connectivity index (χ0n) is 10.3. The van der Waals surface area contributed by atoms with E-state index in [0.29, 0.717) is 6.61 Å². The lowest BCUT2D eigenvalue weighted by Gasteiger charge is -2.06. The molecule has 0 spiro atoms. The smallest absolute Gasteiger partial charge is 0.330 e. The Morgan fingerprint density at radius 2 is 1.81 bits per heavy atom. The van der Waals surface area contributed by atoms with Crippen LogP contribution in [-0.4, -0.2) is 12.6 Å². The number of ether oxygens (including phenoxy) is 1. The molecule has 0 aliphatic heterocycles. The van der Waals surface area contributed by atoms with Gasteiger partial charge in [-0.15, -0.1) is 0 Å². The molecule has 0 aliphatic carbocycles. The van der Waals surface area contributed by atoms with Crippen LogP contribution in [0.15, 0.2) is 18.2 Å². The lowest BCUT2D eigenvalue weighted by molar-refractivity contribution is -0.137. The second-order valence-corrected chi connectivity index (χ2v) is 3.87. The molecule has 1 rings (SSSR count). The average molecular weight is 218 g/mol. The van der Waals surface area contributed by atoms with Gasteiger partial charge in [-0.2, -0.15) is 0 Å². The fourth-order valence-electron chi connectivity index (χ4n) is 1.52. The lowest BCUT2D eigenvalue weighted by atomic mass is 10.0. The summed E-state index contributed by atoms with van der Waals surface area (Å²) in [4.78, 5) is 11.1. The largest absolute Gasteiger partial charge is 0.463 e. The molecule has 0 unspecified atom stereocenters. The second kappa shape index (κ2) is 5.50. The summed E-state index contributed by atoms with van der Waals surface area (Å²) in [7, 11) is 0. The van der Waals surface area contributed by atoms with Gasteiger partial charge in [0.25, 0.3) is 0 Å². The highest BCUT2D eigenvalue weighted by molar-refractivity contribution is 5.87. The SMILES string of the molecule is CCOC(=O)/C=C/c1cc(C)c(C)c(C)c1. The normalized spacial score (nSPS) is 10.8. The predicted octanol–water partition coefficient (Wildman–Crippen LogP) is 3.19. The van der Waals surface area contributed by atoms with Crippen molar-refractivity contribution in [2.75, 3.05) is 6.61 Å². The van der Waals surface area contributed by atoms with Gasteiger partial charge in [-0.25, -0.2) is 4.79 Å². The topological polar surface area (TPSA) is 26.3 Å². The number of hydrogen-bond acceptors (Lipinski definition) is 2. The van der Waals surface area contributed by atoms with Crippen molar-refractivity contribution in [3.63, 3.8) is 0 Å². The van der Waals surface area contributed by atoms with Crippen molar-refractivity contribution in [3.8, 4) is 0 Å². The van der Waals surface area contributed by atoms with Crippen LogP contribution < -0.4 is 0 Å². The Labute approximate surface area is 96.9 Å². The third kappa shape index (κ3) is 3.23. The van der Waals surface area contributed by atoms with Crippen molar-refractivity contribution < 1.29 is 9.53 Å². The van der Waals surface area contributed by atoms with Crippen LogP contribution in [0.2, 0.25) is 0 Å².